The first-order chi connectivity index (χ1) is 12.7. The lowest BCUT2D eigenvalue weighted by Gasteiger charge is -2.11. The molecule has 1 amide bonds. The molecule has 0 aliphatic carbocycles. The SMILES string of the molecule is CCc1ccccc1Nc1ccnc(C(=O)Nc2cccc(C#N)c2)c1. The van der Waals surface area contributed by atoms with Crippen molar-refractivity contribution in [3.05, 3.63) is 83.7 Å². The van der Waals surface area contributed by atoms with E-state index in [1.54, 1.807) is 36.5 Å². The summed E-state index contributed by atoms with van der Waals surface area (Å²) in [5.74, 6) is -0.326. The Morgan fingerprint density at radius 3 is 2.73 bits per heavy atom. The maximum Gasteiger partial charge on any atom is 0.274 e. The summed E-state index contributed by atoms with van der Waals surface area (Å²) >= 11 is 0. The molecule has 5 heteroatoms. The van der Waals surface area contributed by atoms with Crippen LogP contribution in [0.1, 0.15) is 28.5 Å². The largest absolute Gasteiger partial charge is 0.355 e. The minimum Gasteiger partial charge on any atom is -0.355 e. The Morgan fingerprint density at radius 1 is 1.08 bits per heavy atom. The Kier molecular flexibility index (Phi) is 5.25. The quantitative estimate of drug-likeness (QED) is 0.715. The van der Waals surface area contributed by atoms with Gasteiger partial charge in [0.05, 0.1) is 11.6 Å². The number of hydrogen-bond acceptors (Lipinski definition) is 4. The van der Waals surface area contributed by atoms with Gasteiger partial charge < -0.3 is 10.6 Å². The summed E-state index contributed by atoms with van der Waals surface area (Å²) in [7, 11) is 0. The van der Waals surface area contributed by atoms with E-state index < -0.39 is 0 Å². The maximum atomic E-state index is 12.5. The Labute approximate surface area is 152 Å². The van der Waals surface area contributed by atoms with Gasteiger partial charge in [-0.15, -0.1) is 0 Å². The monoisotopic (exact) mass is 342 g/mol. The number of aryl methyl sites for hydroxylation is 1. The standard InChI is InChI=1S/C21H18N4O/c1-2-16-7-3-4-9-19(16)24-18-10-11-23-20(13-18)21(26)25-17-8-5-6-15(12-17)14-22/h3-13H,2H2,1H3,(H,23,24)(H,25,26). The van der Waals surface area contributed by atoms with E-state index in [0.717, 1.165) is 17.8 Å². The summed E-state index contributed by atoms with van der Waals surface area (Å²) in [5, 5.41) is 15.1. The van der Waals surface area contributed by atoms with E-state index in [2.05, 4.69) is 34.7 Å². The van der Waals surface area contributed by atoms with Gasteiger partial charge in [0.1, 0.15) is 5.69 Å². The second kappa shape index (κ2) is 7.95. The maximum absolute atomic E-state index is 12.5. The van der Waals surface area contributed by atoms with Gasteiger partial charge in [0, 0.05) is 23.3 Å². The molecule has 1 aromatic heterocycles. The van der Waals surface area contributed by atoms with E-state index in [4.69, 9.17) is 5.26 Å². The number of benzene rings is 2. The Morgan fingerprint density at radius 2 is 1.92 bits per heavy atom. The molecule has 3 aromatic rings. The highest BCUT2D eigenvalue weighted by atomic mass is 16.1. The lowest BCUT2D eigenvalue weighted by molar-refractivity contribution is 0.102. The van der Waals surface area contributed by atoms with Crippen LogP contribution in [0.25, 0.3) is 0 Å². The Hall–Kier alpha value is -3.65. The average molecular weight is 342 g/mol. The summed E-state index contributed by atoms with van der Waals surface area (Å²) in [4.78, 5) is 16.6. The van der Waals surface area contributed by atoms with Crippen molar-refractivity contribution in [1.82, 2.24) is 4.98 Å². The molecule has 1 heterocycles. The van der Waals surface area contributed by atoms with Crippen LogP contribution in [0, 0.1) is 11.3 Å². The molecule has 0 bridgehead atoms. The van der Waals surface area contributed by atoms with Crippen LogP contribution >= 0.6 is 0 Å². The molecule has 26 heavy (non-hydrogen) atoms. The fraction of sp³-hybridized carbons (Fsp3) is 0.0952. The zero-order valence-electron chi connectivity index (χ0n) is 14.4. The molecule has 0 unspecified atom stereocenters. The van der Waals surface area contributed by atoms with Crippen molar-refractivity contribution in [2.45, 2.75) is 13.3 Å². The number of anilines is 3. The van der Waals surface area contributed by atoms with Crippen LogP contribution in [0.4, 0.5) is 17.1 Å². The first-order valence-electron chi connectivity index (χ1n) is 8.32. The van der Waals surface area contributed by atoms with E-state index >= 15 is 0 Å². The highest BCUT2D eigenvalue weighted by Crippen LogP contribution is 2.21. The van der Waals surface area contributed by atoms with E-state index in [-0.39, 0.29) is 5.91 Å². The van der Waals surface area contributed by atoms with Crippen molar-refractivity contribution in [3.63, 3.8) is 0 Å². The predicted molar refractivity (Wildman–Crippen MR) is 102 cm³/mol. The first kappa shape index (κ1) is 17.2. The van der Waals surface area contributed by atoms with Crippen molar-refractivity contribution >= 4 is 23.0 Å². The van der Waals surface area contributed by atoms with Gasteiger partial charge in [-0.2, -0.15) is 5.26 Å². The zero-order chi connectivity index (χ0) is 18.4. The number of rotatable bonds is 5. The molecule has 5 nitrogen and oxygen atoms in total. The summed E-state index contributed by atoms with van der Waals surface area (Å²) in [6, 6.07) is 20.4. The van der Waals surface area contributed by atoms with E-state index in [1.165, 1.54) is 5.56 Å². The molecular formula is C21H18N4O. The van der Waals surface area contributed by atoms with Crippen molar-refractivity contribution in [3.8, 4) is 6.07 Å². The smallest absolute Gasteiger partial charge is 0.274 e. The van der Waals surface area contributed by atoms with Gasteiger partial charge in [0.2, 0.25) is 0 Å². The van der Waals surface area contributed by atoms with Crippen LogP contribution in [0.3, 0.4) is 0 Å². The van der Waals surface area contributed by atoms with Gasteiger partial charge in [0.15, 0.2) is 0 Å². The van der Waals surface area contributed by atoms with Crippen LogP contribution < -0.4 is 10.6 Å². The normalized spacial score (nSPS) is 10.0. The summed E-state index contributed by atoms with van der Waals surface area (Å²) in [6.07, 6.45) is 2.51. The Bertz CT molecular complexity index is 975. The molecule has 3 rings (SSSR count). The highest BCUT2D eigenvalue weighted by molar-refractivity contribution is 6.03. The second-order valence-electron chi connectivity index (χ2n) is 5.71. The molecule has 0 atom stereocenters. The van der Waals surface area contributed by atoms with Gasteiger partial charge in [-0.3, -0.25) is 9.78 Å². The molecule has 2 N–H and O–H groups in total. The number of aromatic nitrogens is 1. The average Bonchev–Trinajstić information content (AvgIpc) is 2.69. The second-order valence-corrected chi connectivity index (χ2v) is 5.71. The summed E-state index contributed by atoms with van der Waals surface area (Å²) < 4.78 is 0. The highest BCUT2D eigenvalue weighted by Gasteiger charge is 2.09. The third kappa shape index (κ3) is 4.05. The fourth-order valence-corrected chi connectivity index (χ4v) is 2.60. The number of nitriles is 1. The minimum absolute atomic E-state index is 0.298. The molecule has 0 aliphatic rings. The van der Waals surface area contributed by atoms with Crippen molar-refractivity contribution < 1.29 is 4.79 Å². The molecule has 0 saturated carbocycles. The van der Waals surface area contributed by atoms with E-state index in [1.807, 2.05) is 24.3 Å². The summed E-state index contributed by atoms with van der Waals surface area (Å²) in [5.41, 5.74) is 4.34. The van der Waals surface area contributed by atoms with E-state index in [9.17, 15) is 4.79 Å². The number of carbonyl (C=O) groups is 1. The third-order valence-corrected chi connectivity index (χ3v) is 3.92. The molecule has 128 valence electrons. The lowest BCUT2D eigenvalue weighted by atomic mass is 10.1. The number of hydrogen-bond donors (Lipinski definition) is 2. The zero-order valence-corrected chi connectivity index (χ0v) is 14.4. The van der Waals surface area contributed by atoms with Crippen LogP contribution in [-0.2, 0) is 6.42 Å². The molecule has 0 radical (unpaired) electrons. The molecule has 0 spiro atoms. The number of pyridine rings is 1. The van der Waals surface area contributed by atoms with Crippen molar-refractivity contribution in [2.24, 2.45) is 0 Å². The van der Waals surface area contributed by atoms with Gasteiger partial charge >= 0.3 is 0 Å². The minimum atomic E-state index is -0.326. The number of amides is 1. The van der Waals surface area contributed by atoms with Crippen LogP contribution in [0.5, 0.6) is 0 Å². The lowest BCUT2D eigenvalue weighted by Crippen LogP contribution is -2.14. The number of para-hydroxylation sites is 1. The van der Waals surface area contributed by atoms with Crippen molar-refractivity contribution in [1.29, 1.82) is 5.26 Å². The summed E-state index contributed by atoms with van der Waals surface area (Å²) in [6.45, 7) is 2.10. The first-order valence-corrected chi connectivity index (χ1v) is 8.32. The molecular weight excluding hydrogens is 324 g/mol. The molecule has 0 fully saturated rings. The predicted octanol–water partition coefficient (Wildman–Crippen LogP) is 4.51. The van der Waals surface area contributed by atoms with Crippen LogP contribution in [0.2, 0.25) is 0 Å². The van der Waals surface area contributed by atoms with Gasteiger partial charge in [-0.25, -0.2) is 0 Å². The topological polar surface area (TPSA) is 77.8 Å². The van der Waals surface area contributed by atoms with E-state index in [0.29, 0.717) is 16.9 Å². The number of nitrogens with zero attached hydrogens (tertiary/aromatic N) is 2. The van der Waals surface area contributed by atoms with Crippen molar-refractivity contribution in [2.75, 3.05) is 10.6 Å². The fourth-order valence-electron chi connectivity index (χ4n) is 2.60. The Balaban J connectivity index is 1.78. The molecule has 0 aliphatic heterocycles. The van der Waals surface area contributed by atoms with Gasteiger partial charge in [-0.05, 0) is 48.4 Å². The van der Waals surface area contributed by atoms with Gasteiger partial charge in [0.25, 0.3) is 5.91 Å². The third-order valence-electron chi connectivity index (χ3n) is 3.92. The number of carbonyl (C=O) groups excluding carboxylic acids is 1. The van der Waals surface area contributed by atoms with Crippen LogP contribution in [-0.4, -0.2) is 10.9 Å². The molecule has 2 aromatic carbocycles. The molecule has 0 saturated heterocycles. The number of nitrogens with one attached hydrogen (secondary N) is 2. The van der Waals surface area contributed by atoms with Gasteiger partial charge in [-0.1, -0.05) is 31.2 Å². The van der Waals surface area contributed by atoms with Crippen LogP contribution in [0.15, 0.2) is 66.9 Å².